The Bertz CT molecular complexity index is 837. The van der Waals surface area contributed by atoms with E-state index in [4.69, 9.17) is 0 Å². The van der Waals surface area contributed by atoms with Gasteiger partial charge in [0.2, 0.25) is 10.0 Å². The van der Waals surface area contributed by atoms with Crippen LogP contribution in [0, 0.1) is 6.92 Å². The minimum Gasteiger partial charge on any atom is -0.336 e. The summed E-state index contributed by atoms with van der Waals surface area (Å²) >= 11 is 0. The van der Waals surface area contributed by atoms with Crippen molar-refractivity contribution in [2.75, 3.05) is 32.4 Å². The lowest BCUT2D eigenvalue weighted by atomic mass is 10.2. The van der Waals surface area contributed by atoms with Crippen LogP contribution in [-0.2, 0) is 10.0 Å². The Labute approximate surface area is 141 Å². The molecule has 0 atom stereocenters. The zero-order chi connectivity index (χ0) is 17.3. The number of amides is 1. The first-order chi connectivity index (χ1) is 11.4. The molecule has 8 heteroatoms. The smallest absolute Gasteiger partial charge is 0.257 e. The van der Waals surface area contributed by atoms with E-state index >= 15 is 0 Å². The average molecular weight is 348 g/mol. The van der Waals surface area contributed by atoms with Gasteiger partial charge in [-0.3, -0.25) is 4.79 Å². The first-order valence-electron chi connectivity index (χ1n) is 7.72. The molecular formula is C16H20N4O3S. The zero-order valence-corrected chi connectivity index (χ0v) is 14.5. The Morgan fingerprint density at radius 1 is 1.08 bits per heavy atom. The van der Waals surface area contributed by atoms with Gasteiger partial charge in [0, 0.05) is 26.2 Å². The van der Waals surface area contributed by atoms with Crippen molar-refractivity contribution in [2.45, 2.75) is 6.92 Å². The predicted octanol–water partition coefficient (Wildman–Crippen LogP) is 0.898. The Hall–Kier alpha value is -2.19. The molecule has 0 N–H and O–H groups in total. The molecule has 0 saturated carbocycles. The molecule has 0 spiro atoms. The average Bonchev–Trinajstić information content (AvgIpc) is 2.96. The molecule has 1 aliphatic rings. The molecule has 2 heterocycles. The number of carbonyl (C=O) groups excluding carboxylic acids is 1. The standard InChI is InChI=1S/C16H20N4O3S/c1-13-15(12-17-20(13)14-6-4-3-5-7-14)16(21)18-8-10-19(11-9-18)24(2,22)23/h3-7,12H,8-11H2,1-2H3. The minimum atomic E-state index is -3.20. The molecule has 1 aromatic heterocycles. The van der Waals surface area contributed by atoms with E-state index in [0.29, 0.717) is 31.7 Å². The van der Waals surface area contributed by atoms with Crippen LogP contribution in [0.2, 0.25) is 0 Å². The van der Waals surface area contributed by atoms with Crippen molar-refractivity contribution >= 4 is 15.9 Å². The Morgan fingerprint density at radius 2 is 1.71 bits per heavy atom. The van der Waals surface area contributed by atoms with Gasteiger partial charge in [-0.2, -0.15) is 9.40 Å². The van der Waals surface area contributed by atoms with E-state index in [2.05, 4.69) is 5.10 Å². The summed E-state index contributed by atoms with van der Waals surface area (Å²) < 4.78 is 26.2. The molecule has 1 saturated heterocycles. The summed E-state index contributed by atoms with van der Waals surface area (Å²) in [6.07, 6.45) is 2.77. The van der Waals surface area contributed by atoms with Crippen LogP contribution in [0.1, 0.15) is 16.1 Å². The summed E-state index contributed by atoms with van der Waals surface area (Å²) in [5.74, 6) is -0.108. The maximum Gasteiger partial charge on any atom is 0.257 e. The van der Waals surface area contributed by atoms with Crippen LogP contribution in [0.25, 0.3) is 5.69 Å². The van der Waals surface area contributed by atoms with Crippen molar-refractivity contribution in [1.82, 2.24) is 19.0 Å². The Balaban J connectivity index is 1.77. The molecule has 1 fully saturated rings. The lowest BCUT2D eigenvalue weighted by Crippen LogP contribution is -2.50. The van der Waals surface area contributed by atoms with Crippen LogP contribution >= 0.6 is 0 Å². The fraction of sp³-hybridized carbons (Fsp3) is 0.375. The van der Waals surface area contributed by atoms with Crippen molar-refractivity contribution in [3.8, 4) is 5.69 Å². The van der Waals surface area contributed by atoms with Crippen molar-refractivity contribution < 1.29 is 13.2 Å². The molecule has 0 radical (unpaired) electrons. The minimum absolute atomic E-state index is 0.108. The molecule has 7 nitrogen and oxygen atoms in total. The van der Waals surface area contributed by atoms with E-state index in [0.717, 1.165) is 11.4 Å². The van der Waals surface area contributed by atoms with Gasteiger partial charge in [-0.05, 0) is 19.1 Å². The number of sulfonamides is 1. The highest BCUT2D eigenvalue weighted by Crippen LogP contribution is 2.17. The van der Waals surface area contributed by atoms with E-state index in [-0.39, 0.29) is 5.91 Å². The highest BCUT2D eigenvalue weighted by Gasteiger charge is 2.28. The van der Waals surface area contributed by atoms with E-state index in [1.807, 2.05) is 37.3 Å². The summed E-state index contributed by atoms with van der Waals surface area (Å²) in [6, 6.07) is 9.62. The number of aromatic nitrogens is 2. The first-order valence-corrected chi connectivity index (χ1v) is 9.57. The summed E-state index contributed by atoms with van der Waals surface area (Å²) in [4.78, 5) is 14.4. The fourth-order valence-corrected chi connectivity index (χ4v) is 3.67. The summed E-state index contributed by atoms with van der Waals surface area (Å²) in [7, 11) is -3.20. The fourth-order valence-electron chi connectivity index (χ4n) is 2.84. The summed E-state index contributed by atoms with van der Waals surface area (Å²) in [5.41, 5.74) is 2.22. The van der Waals surface area contributed by atoms with Gasteiger partial charge in [0.25, 0.3) is 5.91 Å². The van der Waals surface area contributed by atoms with Crippen molar-refractivity contribution in [1.29, 1.82) is 0 Å². The van der Waals surface area contributed by atoms with Gasteiger partial charge in [-0.25, -0.2) is 13.1 Å². The molecule has 3 rings (SSSR count). The maximum absolute atomic E-state index is 12.7. The highest BCUT2D eigenvalue weighted by molar-refractivity contribution is 7.88. The summed E-state index contributed by atoms with van der Waals surface area (Å²) in [6.45, 7) is 3.30. The van der Waals surface area contributed by atoms with E-state index in [1.54, 1.807) is 15.8 Å². The van der Waals surface area contributed by atoms with Gasteiger partial charge >= 0.3 is 0 Å². The summed E-state index contributed by atoms with van der Waals surface area (Å²) in [5, 5.41) is 4.32. The van der Waals surface area contributed by atoms with Crippen LogP contribution in [0.3, 0.4) is 0 Å². The van der Waals surface area contributed by atoms with E-state index < -0.39 is 10.0 Å². The normalized spacial score (nSPS) is 16.3. The van der Waals surface area contributed by atoms with Crippen molar-refractivity contribution in [2.24, 2.45) is 0 Å². The quantitative estimate of drug-likeness (QED) is 0.826. The number of nitrogens with zero attached hydrogens (tertiary/aromatic N) is 4. The second-order valence-corrected chi connectivity index (χ2v) is 7.83. The Morgan fingerprint density at radius 3 is 2.29 bits per heavy atom. The van der Waals surface area contributed by atoms with Crippen molar-refractivity contribution in [3.05, 3.63) is 47.8 Å². The molecule has 2 aromatic rings. The molecule has 0 unspecified atom stereocenters. The third-order valence-electron chi connectivity index (χ3n) is 4.24. The highest BCUT2D eigenvalue weighted by atomic mass is 32.2. The topological polar surface area (TPSA) is 75.5 Å². The number of hydrogen-bond acceptors (Lipinski definition) is 4. The molecule has 1 amide bonds. The number of hydrogen-bond donors (Lipinski definition) is 0. The monoisotopic (exact) mass is 348 g/mol. The third kappa shape index (κ3) is 3.20. The largest absolute Gasteiger partial charge is 0.336 e. The lowest BCUT2D eigenvalue weighted by Gasteiger charge is -2.33. The van der Waals surface area contributed by atoms with E-state index in [1.165, 1.54) is 10.6 Å². The van der Waals surface area contributed by atoms with Crippen LogP contribution in [0.15, 0.2) is 36.5 Å². The van der Waals surface area contributed by atoms with Gasteiger partial charge in [0.15, 0.2) is 0 Å². The molecule has 0 bridgehead atoms. The van der Waals surface area contributed by atoms with Gasteiger partial charge in [0.1, 0.15) is 0 Å². The molecule has 128 valence electrons. The molecular weight excluding hydrogens is 328 g/mol. The molecule has 1 aliphatic heterocycles. The number of carbonyl (C=O) groups is 1. The van der Waals surface area contributed by atoms with Gasteiger partial charge < -0.3 is 4.90 Å². The van der Waals surface area contributed by atoms with Crippen LogP contribution in [-0.4, -0.2) is 65.7 Å². The number of benzene rings is 1. The third-order valence-corrected chi connectivity index (χ3v) is 5.54. The zero-order valence-electron chi connectivity index (χ0n) is 13.7. The maximum atomic E-state index is 12.7. The number of piperazine rings is 1. The molecule has 24 heavy (non-hydrogen) atoms. The second-order valence-electron chi connectivity index (χ2n) is 5.85. The number of rotatable bonds is 3. The Kier molecular flexibility index (Phi) is 4.42. The van der Waals surface area contributed by atoms with Crippen LogP contribution in [0.5, 0.6) is 0 Å². The van der Waals surface area contributed by atoms with Gasteiger partial charge in [-0.1, -0.05) is 18.2 Å². The van der Waals surface area contributed by atoms with Gasteiger partial charge in [-0.15, -0.1) is 0 Å². The lowest BCUT2D eigenvalue weighted by molar-refractivity contribution is 0.0697. The number of para-hydroxylation sites is 1. The first kappa shape index (κ1) is 16.7. The van der Waals surface area contributed by atoms with Gasteiger partial charge in [0.05, 0.1) is 29.4 Å². The van der Waals surface area contributed by atoms with Crippen molar-refractivity contribution in [3.63, 3.8) is 0 Å². The SMILES string of the molecule is Cc1c(C(=O)N2CCN(S(C)(=O)=O)CC2)cnn1-c1ccccc1. The molecule has 1 aromatic carbocycles. The van der Waals surface area contributed by atoms with Crippen LogP contribution in [0.4, 0.5) is 0 Å². The van der Waals surface area contributed by atoms with E-state index in [9.17, 15) is 13.2 Å². The predicted molar refractivity (Wildman–Crippen MR) is 90.6 cm³/mol. The molecule has 0 aliphatic carbocycles. The van der Waals surface area contributed by atoms with Crippen LogP contribution < -0.4 is 0 Å². The second kappa shape index (κ2) is 6.37.